The monoisotopic (exact) mass is 856 g/mol. The van der Waals surface area contributed by atoms with Crippen LogP contribution in [0.5, 0.6) is 11.5 Å². The van der Waals surface area contributed by atoms with Gasteiger partial charge in [0.1, 0.15) is 54.7 Å². The minimum atomic E-state index is -2.27. The first-order chi connectivity index (χ1) is 29.2. The van der Waals surface area contributed by atoms with E-state index in [0.29, 0.717) is 5.92 Å². The molecular weight excluding hydrogens is 796 g/mol. The number of fused-ring (bicyclic) bond motifs is 2. The van der Waals surface area contributed by atoms with E-state index in [2.05, 4.69) is 19.9 Å². The number of rotatable bonds is 19. The maximum absolute atomic E-state index is 13.4. The topological polar surface area (TPSA) is 251 Å². The number of phenols is 2. The van der Waals surface area contributed by atoms with Gasteiger partial charge in [0.05, 0.1) is 24.9 Å². The van der Waals surface area contributed by atoms with Crippen LogP contribution in [0.15, 0.2) is 96.7 Å². The summed E-state index contributed by atoms with van der Waals surface area (Å²) in [5.74, 6) is -4.31. The van der Waals surface area contributed by atoms with Gasteiger partial charge in [0.25, 0.3) is 0 Å². The second-order valence-electron chi connectivity index (χ2n) is 15.1. The lowest BCUT2D eigenvalue weighted by atomic mass is 9.86. The number of hydrogen-bond donors (Lipinski definition) is 8. The van der Waals surface area contributed by atoms with Crippen molar-refractivity contribution < 1.29 is 78.9 Å². The fourth-order valence-corrected chi connectivity index (χ4v) is 6.87. The van der Waals surface area contributed by atoms with Crippen molar-refractivity contribution in [3.63, 3.8) is 0 Å². The lowest BCUT2D eigenvalue weighted by molar-refractivity contribution is -0.395. The Balaban J connectivity index is 1.53. The fraction of sp³-hybridized carbons (Fsp3) is 0.511. The van der Waals surface area contributed by atoms with E-state index in [0.717, 1.165) is 43.1 Å². The quantitative estimate of drug-likeness (QED) is 0.0566. The largest absolute Gasteiger partial charge is 0.508 e. The molecule has 3 aliphatic heterocycles. The molecule has 0 aromatic heterocycles. The van der Waals surface area contributed by atoms with Crippen LogP contribution in [-0.4, -0.2) is 127 Å². The zero-order valence-corrected chi connectivity index (χ0v) is 34.8. The molecule has 4 rings (SSSR count). The van der Waals surface area contributed by atoms with E-state index in [4.69, 9.17) is 28.4 Å². The summed E-state index contributed by atoms with van der Waals surface area (Å²) in [5.41, 5.74) is 0.857. The number of aromatic hydroxyl groups is 2. The van der Waals surface area contributed by atoms with E-state index in [-0.39, 0.29) is 29.9 Å². The Morgan fingerprint density at radius 1 is 0.918 bits per heavy atom. The molecule has 1 spiro atoms. The number of phenolic OH excluding ortho intramolecular Hbond substituents is 2. The van der Waals surface area contributed by atoms with Gasteiger partial charge in [-0.3, -0.25) is 0 Å². The first-order valence-electron chi connectivity index (χ1n) is 20.4. The standard InChI is InChI=1S/C45H60O16/c1-5-7-8-9-15-20-35(50)56-26-34-38(52)39(53)40(54)44(58-34)60-41-33(24-46)61-45(37-29(25-57-45)22-30(47)23-32(37)49)43(55)42(41)59-36(51)21-16-11-14-19-31(48)28(4)18-13-10-12-17-27(3)6-2/h5,7-11,13-16,18,20-23,27,31,33-34,38-44,46-49,52-55H,6,12,17,19,24-26H2,1-4H3/b7-5+,9-8+,13-10+,14-11+,20-15+,21-16+,28-18+/t27?,31?,33-,34-,38-,39-,40-,41+,42-,43-,44-,45?/m0/s1. The maximum atomic E-state index is 13.4. The highest BCUT2D eigenvalue weighted by Crippen LogP contribution is 2.51. The third-order valence-electron chi connectivity index (χ3n) is 10.6. The summed E-state index contributed by atoms with van der Waals surface area (Å²) < 4.78 is 34.6. The molecule has 0 bridgehead atoms. The van der Waals surface area contributed by atoms with Crippen LogP contribution in [0.3, 0.4) is 0 Å². The Morgan fingerprint density at radius 2 is 1.64 bits per heavy atom. The Kier molecular flexibility index (Phi) is 19.1. The molecule has 61 heavy (non-hydrogen) atoms. The second kappa shape index (κ2) is 23.7. The van der Waals surface area contributed by atoms with Crippen LogP contribution in [0.2, 0.25) is 0 Å². The molecule has 8 N–H and O–H groups in total. The Labute approximate surface area is 355 Å². The summed E-state index contributed by atoms with van der Waals surface area (Å²) in [6, 6.07) is 2.26. The molecule has 12 atom stereocenters. The molecule has 336 valence electrons. The third-order valence-corrected chi connectivity index (χ3v) is 10.6. The first kappa shape index (κ1) is 49.2. The van der Waals surface area contributed by atoms with E-state index >= 15 is 0 Å². The number of esters is 2. The summed E-state index contributed by atoms with van der Waals surface area (Å²) in [6.07, 6.45) is 7.29. The summed E-state index contributed by atoms with van der Waals surface area (Å²) in [4.78, 5) is 25.7. The van der Waals surface area contributed by atoms with Crippen LogP contribution in [0.1, 0.15) is 64.5 Å². The SMILES string of the molecule is C/C=C/C=C/C=C/C(=O)OC[C@@H]1O[C@@H](O[C@H]2[C@H](OC(=O)/C=C/C=C/CC(O)/C(C)=C/C=C/CCC(C)CC)[C@H](O)C3(OCc4cc(O)cc(O)c43)O[C@H]2CO)[C@@H](O)[C@@H](O)[C@H]1O. The Morgan fingerprint density at radius 3 is 2.36 bits per heavy atom. The number of ether oxygens (including phenoxy) is 6. The van der Waals surface area contributed by atoms with Gasteiger partial charge < -0.3 is 69.3 Å². The molecule has 16 nitrogen and oxygen atoms in total. The zero-order valence-electron chi connectivity index (χ0n) is 34.8. The van der Waals surface area contributed by atoms with Crippen molar-refractivity contribution in [2.24, 2.45) is 5.92 Å². The van der Waals surface area contributed by atoms with Gasteiger partial charge in [0.15, 0.2) is 18.5 Å². The predicted molar refractivity (Wildman–Crippen MR) is 220 cm³/mol. The van der Waals surface area contributed by atoms with Crippen molar-refractivity contribution in [3.05, 3.63) is 108 Å². The molecule has 3 heterocycles. The molecular formula is C45H60O16. The van der Waals surface area contributed by atoms with Crippen molar-refractivity contribution in [1.29, 1.82) is 0 Å². The minimum Gasteiger partial charge on any atom is -0.508 e. The van der Waals surface area contributed by atoms with Gasteiger partial charge >= 0.3 is 11.9 Å². The van der Waals surface area contributed by atoms with Crippen LogP contribution < -0.4 is 0 Å². The molecule has 2 fully saturated rings. The average Bonchev–Trinajstić information content (AvgIpc) is 3.60. The van der Waals surface area contributed by atoms with Gasteiger partial charge in [0, 0.05) is 18.2 Å². The van der Waals surface area contributed by atoms with Gasteiger partial charge in [-0.25, -0.2) is 9.59 Å². The molecule has 2 saturated heterocycles. The molecule has 3 aliphatic rings. The first-order valence-corrected chi connectivity index (χ1v) is 20.4. The molecule has 16 heteroatoms. The van der Waals surface area contributed by atoms with Gasteiger partial charge in [-0.15, -0.1) is 0 Å². The van der Waals surface area contributed by atoms with Crippen LogP contribution in [0.4, 0.5) is 0 Å². The zero-order chi connectivity index (χ0) is 44.7. The van der Waals surface area contributed by atoms with Crippen molar-refractivity contribution in [1.82, 2.24) is 0 Å². The van der Waals surface area contributed by atoms with E-state index in [1.54, 1.807) is 30.4 Å². The number of carbonyl (C=O) groups excluding carboxylic acids is 2. The molecule has 0 radical (unpaired) electrons. The van der Waals surface area contributed by atoms with Gasteiger partial charge in [-0.05, 0) is 56.2 Å². The summed E-state index contributed by atoms with van der Waals surface area (Å²) in [5, 5.41) is 86.5. The maximum Gasteiger partial charge on any atom is 0.331 e. The number of hydrogen-bond acceptors (Lipinski definition) is 16. The number of aliphatic hydroxyl groups excluding tert-OH is 6. The lowest BCUT2D eigenvalue weighted by Gasteiger charge is -2.50. The predicted octanol–water partition coefficient (Wildman–Crippen LogP) is 3.06. The summed E-state index contributed by atoms with van der Waals surface area (Å²) in [7, 11) is 0. The smallest absolute Gasteiger partial charge is 0.331 e. The Hall–Kier alpha value is -4.46. The highest BCUT2D eigenvalue weighted by atomic mass is 16.8. The van der Waals surface area contributed by atoms with Crippen LogP contribution >= 0.6 is 0 Å². The van der Waals surface area contributed by atoms with E-state index < -0.39 is 97.9 Å². The molecule has 0 amide bonds. The molecule has 0 saturated carbocycles. The highest BCUT2D eigenvalue weighted by molar-refractivity contribution is 5.82. The van der Waals surface area contributed by atoms with Gasteiger partial charge in [0.2, 0.25) is 5.79 Å². The number of carbonyl (C=O) groups is 2. The van der Waals surface area contributed by atoms with E-state index in [9.17, 15) is 50.4 Å². The number of aliphatic hydroxyl groups is 6. The van der Waals surface area contributed by atoms with Crippen molar-refractivity contribution in [2.45, 2.75) is 127 Å². The number of allylic oxidation sites excluding steroid dienone is 10. The van der Waals surface area contributed by atoms with Crippen molar-refractivity contribution in [3.8, 4) is 11.5 Å². The number of benzene rings is 1. The molecule has 3 unspecified atom stereocenters. The average molecular weight is 857 g/mol. The third kappa shape index (κ3) is 13.0. The fourth-order valence-electron chi connectivity index (χ4n) is 6.87. The van der Waals surface area contributed by atoms with E-state index in [1.165, 1.54) is 24.3 Å². The molecule has 0 aliphatic carbocycles. The normalized spacial score (nSPS) is 30.7. The molecule has 1 aromatic carbocycles. The van der Waals surface area contributed by atoms with Crippen molar-refractivity contribution in [2.75, 3.05) is 13.2 Å². The van der Waals surface area contributed by atoms with Gasteiger partial charge in [-0.1, -0.05) is 87.1 Å². The molecule has 1 aromatic rings. The second-order valence-corrected chi connectivity index (χ2v) is 15.1. The van der Waals surface area contributed by atoms with Crippen LogP contribution in [0, 0.1) is 5.92 Å². The minimum absolute atomic E-state index is 0.112. The summed E-state index contributed by atoms with van der Waals surface area (Å²) >= 11 is 0. The lowest BCUT2D eigenvalue weighted by Crippen LogP contribution is -2.67. The van der Waals surface area contributed by atoms with Gasteiger partial charge in [-0.2, -0.15) is 0 Å². The summed E-state index contributed by atoms with van der Waals surface area (Å²) in [6.45, 7) is 6.23. The Bertz CT molecular complexity index is 1810. The highest BCUT2D eigenvalue weighted by Gasteiger charge is 2.63. The van der Waals surface area contributed by atoms with Crippen LogP contribution in [0.25, 0.3) is 0 Å². The van der Waals surface area contributed by atoms with Crippen molar-refractivity contribution >= 4 is 11.9 Å². The van der Waals surface area contributed by atoms with E-state index in [1.807, 2.05) is 26.0 Å². The van der Waals surface area contributed by atoms with Crippen LogP contribution in [-0.2, 0) is 50.4 Å².